The first-order valence-electron chi connectivity index (χ1n) is 4.93. The Morgan fingerprint density at radius 1 is 1.64 bits per heavy atom. The first-order chi connectivity index (χ1) is 6.60. The van der Waals surface area contributed by atoms with E-state index in [1.165, 1.54) is 0 Å². The highest BCUT2D eigenvalue weighted by Gasteiger charge is 2.54. The second-order valence-electron chi connectivity index (χ2n) is 4.27. The molecule has 80 valence electrons. The van der Waals surface area contributed by atoms with E-state index in [0.29, 0.717) is 6.54 Å². The van der Waals surface area contributed by atoms with Crippen LogP contribution in [-0.4, -0.2) is 61.3 Å². The van der Waals surface area contributed by atoms with Crippen molar-refractivity contribution in [1.29, 1.82) is 0 Å². The van der Waals surface area contributed by atoms with Gasteiger partial charge in [-0.15, -0.1) is 0 Å². The SMILES string of the molecule is CN1CCC2OC(=O)N(C)C2(CN)C1. The minimum absolute atomic E-state index is 0.0267. The highest BCUT2D eigenvalue weighted by Crippen LogP contribution is 2.34. The molecular formula is C9H17N3O2. The quantitative estimate of drug-likeness (QED) is 0.617. The van der Waals surface area contributed by atoms with Crippen molar-refractivity contribution in [3.8, 4) is 0 Å². The number of carbonyl (C=O) groups is 1. The highest BCUT2D eigenvalue weighted by atomic mass is 16.6. The number of hydrogen-bond donors (Lipinski definition) is 1. The lowest BCUT2D eigenvalue weighted by Crippen LogP contribution is -2.64. The predicted octanol–water partition coefficient (Wildman–Crippen LogP) is -0.530. The molecule has 14 heavy (non-hydrogen) atoms. The molecule has 2 rings (SSSR count). The van der Waals surface area contributed by atoms with Crippen molar-refractivity contribution in [3.63, 3.8) is 0 Å². The summed E-state index contributed by atoms with van der Waals surface area (Å²) in [6.07, 6.45) is 0.612. The average Bonchev–Trinajstić information content (AvgIpc) is 2.42. The third kappa shape index (κ3) is 1.12. The lowest BCUT2D eigenvalue weighted by atomic mass is 9.86. The maximum Gasteiger partial charge on any atom is 0.410 e. The molecule has 2 heterocycles. The number of likely N-dealkylation sites (N-methyl/N-ethyl adjacent to an activating group) is 2. The summed E-state index contributed by atoms with van der Waals surface area (Å²) in [7, 11) is 3.82. The molecule has 2 unspecified atom stereocenters. The molecule has 0 aromatic carbocycles. The molecule has 2 fully saturated rings. The van der Waals surface area contributed by atoms with E-state index in [1.807, 2.05) is 7.05 Å². The van der Waals surface area contributed by atoms with Crippen LogP contribution >= 0.6 is 0 Å². The van der Waals surface area contributed by atoms with Crippen LogP contribution in [0, 0.1) is 0 Å². The van der Waals surface area contributed by atoms with Gasteiger partial charge in [0.05, 0.1) is 0 Å². The van der Waals surface area contributed by atoms with Crippen molar-refractivity contribution in [3.05, 3.63) is 0 Å². The monoisotopic (exact) mass is 199 g/mol. The Labute approximate surface area is 83.8 Å². The molecular weight excluding hydrogens is 182 g/mol. The van der Waals surface area contributed by atoms with Gasteiger partial charge < -0.3 is 15.4 Å². The van der Waals surface area contributed by atoms with Crippen LogP contribution < -0.4 is 5.73 Å². The van der Waals surface area contributed by atoms with E-state index in [9.17, 15) is 4.79 Å². The summed E-state index contributed by atoms with van der Waals surface area (Å²) in [5.74, 6) is 0. The van der Waals surface area contributed by atoms with Gasteiger partial charge in [-0.2, -0.15) is 0 Å². The molecule has 2 aliphatic rings. The summed E-state index contributed by atoms with van der Waals surface area (Å²) in [6, 6.07) is 0. The minimum Gasteiger partial charge on any atom is -0.443 e. The zero-order valence-corrected chi connectivity index (χ0v) is 8.69. The number of amides is 1. The Morgan fingerprint density at radius 3 is 3.00 bits per heavy atom. The van der Waals surface area contributed by atoms with E-state index in [4.69, 9.17) is 10.5 Å². The molecule has 2 atom stereocenters. The van der Waals surface area contributed by atoms with Crippen molar-refractivity contribution in [2.75, 3.05) is 33.7 Å². The van der Waals surface area contributed by atoms with Crippen molar-refractivity contribution in [2.45, 2.75) is 18.1 Å². The molecule has 0 spiro atoms. The number of nitrogens with zero attached hydrogens (tertiary/aromatic N) is 2. The average molecular weight is 199 g/mol. The van der Waals surface area contributed by atoms with E-state index in [1.54, 1.807) is 11.9 Å². The molecule has 2 saturated heterocycles. The summed E-state index contributed by atoms with van der Waals surface area (Å²) in [4.78, 5) is 15.3. The predicted molar refractivity (Wildman–Crippen MR) is 51.9 cm³/mol. The summed E-state index contributed by atoms with van der Waals surface area (Å²) in [6.45, 7) is 2.23. The molecule has 2 aliphatic heterocycles. The molecule has 0 radical (unpaired) electrons. The smallest absolute Gasteiger partial charge is 0.410 e. The Hall–Kier alpha value is -0.810. The fourth-order valence-electron chi connectivity index (χ4n) is 2.46. The Bertz CT molecular complexity index is 258. The molecule has 0 saturated carbocycles. The van der Waals surface area contributed by atoms with Gasteiger partial charge in [0.2, 0.25) is 0 Å². The number of hydrogen-bond acceptors (Lipinski definition) is 4. The van der Waals surface area contributed by atoms with Gasteiger partial charge in [-0.1, -0.05) is 0 Å². The van der Waals surface area contributed by atoms with Gasteiger partial charge in [0.25, 0.3) is 0 Å². The summed E-state index contributed by atoms with van der Waals surface area (Å²) >= 11 is 0. The second kappa shape index (κ2) is 3.10. The zero-order chi connectivity index (χ0) is 10.3. The van der Waals surface area contributed by atoms with Gasteiger partial charge in [-0.05, 0) is 13.5 Å². The lowest BCUT2D eigenvalue weighted by molar-refractivity contribution is 0.0294. The van der Waals surface area contributed by atoms with Gasteiger partial charge in [0.15, 0.2) is 0 Å². The van der Waals surface area contributed by atoms with Crippen molar-refractivity contribution >= 4 is 6.09 Å². The standard InChI is InChI=1S/C9H17N3O2/c1-11-4-3-7-9(5-10,6-11)12(2)8(13)14-7/h7H,3-6,10H2,1-2H3. The third-order valence-electron chi connectivity index (χ3n) is 3.45. The summed E-state index contributed by atoms with van der Waals surface area (Å²) in [5, 5.41) is 0. The first-order valence-corrected chi connectivity index (χ1v) is 4.93. The van der Waals surface area contributed by atoms with Crippen LogP contribution in [0.5, 0.6) is 0 Å². The fourth-order valence-corrected chi connectivity index (χ4v) is 2.46. The number of ether oxygens (including phenoxy) is 1. The minimum atomic E-state index is -0.302. The van der Waals surface area contributed by atoms with Gasteiger partial charge in [0.1, 0.15) is 11.6 Å². The maximum absolute atomic E-state index is 11.4. The molecule has 1 amide bonds. The van der Waals surface area contributed by atoms with E-state index in [-0.39, 0.29) is 17.7 Å². The summed E-state index contributed by atoms with van der Waals surface area (Å²) in [5.41, 5.74) is 5.49. The number of fused-ring (bicyclic) bond motifs is 1. The molecule has 0 aliphatic carbocycles. The largest absolute Gasteiger partial charge is 0.443 e. The number of rotatable bonds is 1. The van der Waals surface area contributed by atoms with Gasteiger partial charge >= 0.3 is 6.09 Å². The van der Waals surface area contributed by atoms with E-state index in [2.05, 4.69) is 4.90 Å². The maximum atomic E-state index is 11.4. The topological polar surface area (TPSA) is 58.8 Å². The van der Waals surface area contributed by atoms with Crippen molar-refractivity contribution in [1.82, 2.24) is 9.80 Å². The van der Waals surface area contributed by atoms with Crippen LogP contribution in [-0.2, 0) is 4.74 Å². The Balaban J connectivity index is 2.28. The highest BCUT2D eigenvalue weighted by molar-refractivity contribution is 5.71. The number of piperidine rings is 1. The number of carbonyl (C=O) groups excluding carboxylic acids is 1. The van der Waals surface area contributed by atoms with Crippen LogP contribution in [0.4, 0.5) is 4.79 Å². The van der Waals surface area contributed by atoms with Crippen LogP contribution in [0.2, 0.25) is 0 Å². The van der Waals surface area contributed by atoms with Crippen LogP contribution in [0.25, 0.3) is 0 Å². The normalized spacial score (nSPS) is 38.4. The van der Waals surface area contributed by atoms with Gasteiger partial charge in [-0.25, -0.2) is 4.79 Å². The molecule has 5 nitrogen and oxygen atoms in total. The van der Waals surface area contributed by atoms with Crippen molar-refractivity contribution < 1.29 is 9.53 Å². The Kier molecular flexibility index (Phi) is 2.16. The molecule has 0 aromatic heterocycles. The van der Waals surface area contributed by atoms with Crippen LogP contribution in [0.15, 0.2) is 0 Å². The lowest BCUT2D eigenvalue weighted by Gasteiger charge is -2.43. The molecule has 5 heteroatoms. The van der Waals surface area contributed by atoms with Crippen LogP contribution in [0.1, 0.15) is 6.42 Å². The molecule has 0 aromatic rings. The fraction of sp³-hybridized carbons (Fsp3) is 0.889. The van der Waals surface area contributed by atoms with Crippen LogP contribution in [0.3, 0.4) is 0 Å². The second-order valence-corrected chi connectivity index (χ2v) is 4.27. The van der Waals surface area contributed by atoms with E-state index in [0.717, 1.165) is 19.5 Å². The molecule has 0 bridgehead atoms. The number of likely N-dealkylation sites (tertiary alicyclic amines) is 1. The van der Waals surface area contributed by atoms with Gasteiger partial charge in [0, 0.05) is 26.7 Å². The summed E-state index contributed by atoms with van der Waals surface area (Å²) < 4.78 is 5.30. The zero-order valence-electron chi connectivity index (χ0n) is 8.69. The molecule has 2 N–H and O–H groups in total. The van der Waals surface area contributed by atoms with Crippen molar-refractivity contribution in [2.24, 2.45) is 5.73 Å². The Morgan fingerprint density at radius 2 is 2.36 bits per heavy atom. The number of nitrogens with two attached hydrogens (primary N) is 1. The van der Waals surface area contributed by atoms with E-state index >= 15 is 0 Å². The van der Waals surface area contributed by atoms with E-state index < -0.39 is 0 Å². The first kappa shape index (κ1) is 9.73. The third-order valence-corrected chi connectivity index (χ3v) is 3.45. The van der Waals surface area contributed by atoms with Gasteiger partial charge in [-0.3, -0.25) is 4.90 Å².